The monoisotopic (exact) mass is 356 g/mol. The van der Waals surface area contributed by atoms with E-state index in [0.717, 1.165) is 23.4 Å². The molecule has 1 rings (SSSR count). The zero-order valence-corrected chi connectivity index (χ0v) is 15.3. The number of hydrogen-bond acceptors (Lipinski definition) is 5. The highest BCUT2D eigenvalue weighted by Gasteiger charge is 2.26. The van der Waals surface area contributed by atoms with E-state index in [1.54, 1.807) is 19.2 Å². The fraction of sp³-hybridized carbons (Fsp3) is 0.500. The van der Waals surface area contributed by atoms with Crippen LogP contribution in [0.4, 0.5) is 5.69 Å². The minimum absolute atomic E-state index is 0.0921. The molecule has 0 aliphatic heterocycles. The highest BCUT2D eigenvalue weighted by atomic mass is 32.2. The molecule has 0 atom stereocenters. The molecule has 0 aliphatic carbocycles. The summed E-state index contributed by atoms with van der Waals surface area (Å²) in [5.41, 5.74) is 0.221. The summed E-state index contributed by atoms with van der Waals surface area (Å²) in [6.07, 6.45) is 2.76. The van der Waals surface area contributed by atoms with Crippen molar-refractivity contribution in [2.24, 2.45) is 0 Å². The summed E-state index contributed by atoms with van der Waals surface area (Å²) >= 11 is 0. The largest absolute Gasteiger partial charge is 0.465 e. The Morgan fingerprint density at radius 2 is 1.83 bits per heavy atom. The van der Waals surface area contributed by atoms with Gasteiger partial charge in [-0.25, -0.2) is 13.2 Å². The van der Waals surface area contributed by atoms with Gasteiger partial charge in [-0.2, -0.15) is 0 Å². The van der Waals surface area contributed by atoms with Crippen molar-refractivity contribution in [3.63, 3.8) is 0 Å². The van der Waals surface area contributed by atoms with Gasteiger partial charge < -0.3 is 9.64 Å². The molecule has 0 aliphatic rings. The Hall–Kier alpha value is -2.09. The summed E-state index contributed by atoms with van der Waals surface area (Å²) in [6.45, 7) is 2.19. The molecule has 0 unspecified atom stereocenters. The number of unbranched alkanes of at least 4 members (excludes halogenated alkanes) is 1. The number of benzene rings is 1. The minimum atomic E-state index is -3.75. The summed E-state index contributed by atoms with van der Waals surface area (Å²) < 4.78 is 30.0. The fourth-order valence-electron chi connectivity index (χ4n) is 2.12. The first kappa shape index (κ1) is 20.0. The maximum atomic E-state index is 12.3. The van der Waals surface area contributed by atoms with E-state index in [1.807, 2.05) is 6.92 Å². The van der Waals surface area contributed by atoms with Gasteiger partial charge in [0, 0.05) is 13.6 Å². The number of nitrogens with zero attached hydrogens (tertiary/aromatic N) is 2. The van der Waals surface area contributed by atoms with Crippen LogP contribution in [0.25, 0.3) is 0 Å². The van der Waals surface area contributed by atoms with Gasteiger partial charge in [-0.15, -0.1) is 0 Å². The summed E-state index contributed by atoms with van der Waals surface area (Å²) in [4.78, 5) is 25.7. The number of para-hydroxylation sites is 1. The maximum absolute atomic E-state index is 12.3. The molecular weight excluding hydrogens is 332 g/mol. The molecule has 1 amide bonds. The van der Waals surface area contributed by atoms with E-state index >= 15 is 0 Å². The van der Waals surface area contributed by atoms with E-state index in [9.17, 15) is 18.0 Å². The number of amides is 1. The second kappa shape index (κ2) is 8.68. The van der Waals surface area contributed by atoms with Crippen LogP contribution in [0.1, 0.15) is 30.1 Å². The van der Waals surface area contributed by atoms with Crippen LogP contribution in [-0.2, 0) is 19.6 Å². The van der Waals surface area contributed by atoms with Crippen molar-refractivity contribution in [3.05, 3.63) is 29.8 Å². The zero-order chi connectivity index (χ0) is 18.3. The molecular formula is C16H24N2O5S. The molecule has 0 heterocycles. The molecule has 0 N–H and O–H groups in total. The van der Waals surface area contributed by atoms with E-state index < -0.39 is 16.0 Å². The molecule has 0 bridgehead atoms. The Labute approximate surface area is 143 Å². The number of rotatable bonds is 8. The van der Waals surface area contributed by atoms with Gasteiger partial charge in [0.1, 0.15) is 6.54 Å². The third-order valence-corrected chi connectivity index (χ3v) is 4.66. The van der Waals surface area contributed by atoms with Crippen molar-refractivity contribution in [3.8, 4) is 0 Å². The predicted octanol–water partition coefficient (Wildman–Crippen LogP) is 1.50. The molecule has 0 aromatic heterocycles. The maximum Gasteiger partial charge on any atom is 0.340 e. The van der Waals surface area contributed by atoms with Gasteiger partial charge in [0.2, 0.25) is 15.9 Å². The average Bonchev–Trinajstić information content (AvgIpc) is 2.55. The van der Waals surface area contributed by atoms with Gasteiger partial charge >= 0.3 is 5.97 Å². The van der Waals surface area contributed by atoms with Gasteiger partial charge in [-0.3, -0.25) is 9.10 Å². The van der Waals surface area contributed by atoms with Gasteiger partial charge in [0.05, 0.1) is 24.6 Å². The van der Waals surface area contributed by atoms with Crippen LogP contribution in [0.5, 0.6) is 0 Å². The standard InChI is InChI=1S/C16H24N2O5S/c1-5-6-11-17(2)15(19)12-18(24(4,21)22)14-10-8-7-9-13(14)16(20)23-3/h7-10H,5-6,11-12H2,1-4H3. The Bertz CT molecular complexity index is 687. The molecule has 24 heavy (non-hydrogen) atoms. The van der Waals surface area contributed by atoms with Crippen LogP contribution < -0.4 is 4.31 Å². The lowest BCUT2D eigenvalue weighted by molar-refractivity contribution is -0.128. The van der Waals surface area contributed by atoms with Crippen LogP contribution in [0.2, 0.25) is 0 Å². The quantitative estimate of drug-likeness (QED) is 0.659. The fourth-order valence-corrected chi connectivity index (χ4v) is 2.98. The van der Waals surface area contributed by atoms with Gasteiger partial charge in [-0.1, -0.05) is 25.5 Å². The summed E-state index contributed by atoms with van der Waals surface area (Å²) in [5.74, 6) is -1.00. The van der Waals surface area contributed by atoms with Gasteiger partial charge in [0.25, 0.3) is 0 Å². The first-order chi connectivity index (χ1) is 11.2. The molecule has 0 saturated heterocycles. The Kier molecular flexibility index (Phi) is 7.21. The molecule has 7 nitrogen and oxygen atoms in total. The molecule has 8 heteroatoms. The van der Waals surface area contributed by atoms with Crippen molar-refractivity contribution < 1.29 is 22.7 Å². The molecule has 0 spiro atoms. The van der Waals surface area contributed by atoms with Crippen LogP contribution in [0.15, 0.2) is 24.3 Å². The summed E-state index contributed by atoms with van der Waals surface area (Å²) in [6, 6.07) is 6.15. The Morgan fingerprint density at radius 1 is 1.21 bits per heavy atom. The molecule has 0 fully saturated rings. The van der Waals surface area contributed by atoms with Gasteiger partial charge in [-0.05, 0) is 18.6 Å². The number of likely N-dealkylation sites (N-methyl/N-ethyl adjacent to an activating group) is 1. The number of methoxy groups -OCH3 is 1. The Morgan fingerprint density at radius 3 is 2.38 bits per heavy atom. The molecule has 0 saturated carbocycles. The van der Waals surface area contributed by atoms with E-state index in [2.05, 4.69) is 4.74 Å². The molecule has 134 valence electrons. The first-order valence-corrected chi connectivity index (χ1v) is 9.46. The number of hydrogen-bond donors (Lipinski definition) is 0. The second-order valence-electron chi connectivity index (χ2n) is 5.45. The van der Waals surface area contributed by atoms with E-state index in [1.165, 1.54) is 24.1 Å². The van der Waals surface area contributed by atoms with Crippen molar-refractivity contribution >= 4 is 27.6 Å². The second-order valence-corrected chi connectivity index (χ2v) is 7.35. The smallest absolute Gasteiger partial charge is 0.340 e. The molecule has 1 aromatic carbocycles. The lowest BCUT2D eigenvalue weighted by Gasteiger charge is -2.26. The third kappa shape index (κ3) is 5.23. The van der Waals surface area contributed by atoms with Crippen molar-refractivity contribution in [2.75, 3.05) is 37.8 Å². The summed E-state index contributed by atoms with van der Waals surface area (Å²) in [5, 5.41) is 0. The highest BCUT2D eigenvalue weighted by molar-refractivity contribution is 7.92. The number of sulfonamides is 1. The lowest BCUT2D eigenvalue weighted by atomic mass is 10.2. The van der Waals surface area contributed by atoms with Crippen LogP contribution in [-0.4, -0.2) is 58.7 Å². The van der Waals surface area contributed by atoms with Crippen LogP contribution >= 0.6 is 0 Å². The molecule has 0 radical (unpaired) electrons. The van der Waals surface area contributed by atoms with Gasteiger partial charge in [0.15, 0.2) is 0 Å². The van der Waals surface area contributed by atoms with E-state index in [0.29, 0.717) is 6.54 Å². The number of anilines is 1. The third-order valence-electron chi connectivity index (χ3n) is 3.53. The van der Waals surface area contributed by atoms with Crippen molar-refractivity contribution in [2.45, 2.75) is 19.8 Å². The first-order valence-electron chi connectivity index (χ1n) is 7.61. The normalized spacial score (nSPS) is 11.0. The molecule has 1 aromatic rings. The van der Waals surface area contributed by atoms with E-state index in [4.69, 9.17) is 0 Å². The predicted molar refractivity (Wildman–Crippen MR) is 92.5 cm³/mol. The van der Waals surface area contributed by atoms with E-state index in [-0.39, 0.29) is 23.7 Å². The number of esters is 1. The minimum Gasteiger partial charge on any atom is -0.465 e. The zero-order valence-electron chi connectivity index (χ0n) is 14.5. The number of carbonyl (C=O) groups is 2. The lowest BCUT2D eigenvalue weighted by Crippen LogP contribution is -2.42. The SMILES string of the molecule is CCCCN(C)C(=O)CN(c1ccccc1C(=O)OC)S(C)(=O)=O. The van der Waals surface area contributed by atoms with Crippen LogP contribution in [0.3, 0.4) is 0 Å². The number of carbonyl (C=O) groups excluding carboxylic acids is 2. The van der Waals surface area contributed by atoms with Crippen molar-refractivity contribution in [1.29, 1.82) is 0 Å². The Balaban J connectivity index is 3.17. The summed E-state index contributed by atoms with van der Waals surface area (Å²) in [7, 11) is -0.908. The van der Waals surface area contributed by atoms with Crippen molar-refractivity contribution in [1.82, 2.24) is 4.90 Å². The average molecular weight is 356 g/mol. The number of ether oxygens (including phenoxy) is 1. The topological polar surface area (TPSA) is 84.0 Å². The van der Waals surface area contributed by atoms with Crippen LogP contribution in [0, 0.1) is 0 Å². The highest BCUT2D eigenvalue weighted by Crippen LogP contribution is 2.23.